The van der Waals surface area contributed by atoms with E-state index in [4.69, 9.17) is 43.4 Å². The second kappa shape index (κ2) is 10.3. The molecule has 0 saturated heterocycles. The molecular weight excluding hydrogens is 457 g/mol. The van der Waals surface area contributed by atoms with Crippen molar-refractivity contribution in [3.8, 4) is 22.8 Å². The zero-order valence-electron chi connectivity index (χ0n) is 17.8. The fourth-order valence-electron chi connectivity index (χ4n) is 3.14. The van der Waals surface area contributed by atoms with Crippen LogP contribution in [0.25, 0.3) is 22.2 Å². The third-order valence-corrected chi connectivity index (χ3v) is 7.66. The summed E-state index contributed by atoms with van der Waals surface area (Å²) in [7, 11) is 3.31. The van der Waals surface area contributed by atoms with Crippen molar-refractivity contribution >= 4 is 61.7 Å². The van der Waals surface area contributed by atoms with Crippen molar-refractivity contribution in [3.05, 3.63) is 28.4 Å². The maximum atomic E-state index is 6.61. The molecule has 0 fully saturated rings. The molecule has 3 rings (SSSR count). The molecular formula is C21H25Cl2N5O2S. The van der Waals surface area contributed by atoms with Crippen LogP contribution in [0.4, 0.5) is 11.8 Å². The second-order valence-electron chi connectivity index (χ2n) is 6.50. The highest BCUT2D eigenvalue weighted by molar-refractivity contribution is 8.14. The van der Waals surface area contributed by atoms with Crippen molar-refractivity contribution in [2.45, 2.75) is 13.8 Å². The van der Waals surface area contributed by atoms with Gasteiger partial charge in [-0.05, 0) is 18.7 Å². The molecule has 0 spiro atoms. The number of nitrogens with two attached hydrogens (primary N) is 1. The number of rotatable bonds is 8. The van der Waals surface area contributed by atoms with Gasteiger partial charge in [0.1, 0.15) is 17.0 Å². The van der Waals surface area contributed by atoms with Crippen LogP contribution in [0.15, 0.2) is 18.3 Å². The van der Waals surface area contributed by atoms with Gasteiger partial charge in [0.25, 0.3) is 0 Å². The molecule has 31 heavy (non-hydrogen) atoms. The molecule has 0 amide bonds. The van der Waals surface area contributed by atoms with Gasteiger partial charge in [-0.3, -0.25) is 0 Å². The van der Waals surface area contributed by atoms with Gasteiger partial charge in [-0.1, -0.05) is 35.5 Å². The predicted octanol–water partition coefficient (Wildman–Crippen LogP) is 5.12. The molecule has 0 aliphatic carbocycles. The number of pyridine rings is 1. The lowest BCUT2D eigenvalue weighted by molar-refractivity contribution is 0.395. The van der Waals surface area contributed by atoms with Crippen LogP contribution in [0, 0.1) is 0 Å². The maximum Gasteiger partial charge on any atom is 0.220 e. The van der Waals surface area contributed by atoms with Crippen molar-refractivity contribution in [2.24, 2.45) is 0 Å². The number of nitrogens with zero attached hydrogens (tertiary/aromatic N) is 3. The Morgan fingerprint density at radius 1 is 1.13 bits per heavy atom. The highest BCUT2D eigenvalue weighted by Crippen LogP contribution is 2.46. The molecule has 1 unspecified atom stereocenters. The lowest BCUT2D eigenvalue weighted by Gasteiger charge is -2.16. The van der Waals surface area contributed by atoms with Gasteiger partial charge in [-0.2, -0.15) is 10.5 Å². The summed E-state index contributed by atoms with van der Waals surface area (Å²) in [6.45, 7) is 5.01. The molecule has 0 aliphatic rings. The summed E-state index contributed by atoms with van der Waals surface area (Å²) < 4.78 is 10.8. The second-order valence-corrected chi connectivity index (χ2v) is 9.79. The lowest BCUT2D eigenvalue weighted by atomic mass is 10.1. The summed E-state index contributed by atoms with van der Waals surface area (Å²) >= 11 is 13.2. The minimum Gasteiger partial charge on any atom is -0.495 e. The zero-order valence-corrected chi connectivity index (χ0v) is 20.2. The first-order valence-electron chi connectivity index (χ1n) is 9.66. The van der Waals surface area contributed by atoms with Crippen LogP contribution >= 0.6 is 33.7 Å². The Kier molecular flexibility index (Phi) is 7.80. The van der Waals surface area contributed by atoms with E-state index in [0.29, 0.717) is 44.1 Å². The number of nitrogens with one attached hydrogen (secondary N) is 1. The molecule has 10 heteroatoms. The zero-order chi connectivity index (χ0) is 22.5. The molecule has 2 heterocycles. The fraction of sp³-hybridized carbons (Fsp3) is 0.333. The molecule has 0 bridgehead atoms. The summed E-state index contributed by atoms with van der Waals surface area (Å²) in [4.78, 5) is 13.3. The van der Waals surface area contributed by atoms with Crippen LogP contribution < -0.4 is 20.5 Å². The van der Waals surface area contributed by atoms with Crippen molar-refractivity contribution in [1.29, 1.82) is 0 Å². The lowest BCUT2D eigenvalue weighted by Crippen LogP contribution is -2.09. The van der Waals surface area contributed by atoms with Crippen LogP contribution in [0.1, 0.15) is 13.8 Å². The van der Waals surface area contributed by atoms with Gasteiger partial charge in [0.05, 0.1) is 30.0 Å². The fourth-order valence-corrected chi connectivity index (χ4v) is 5.06. The van der Waals surface area contributed by atoms with E-state index in [9.17, 15) is 0 Å². The summed E-state index contributed by atoms with van der Waals surface area (Å²) in [6, 6.07) is 3.47. The minimum absolute atomic E-state index is 0.180. The van der Waals surface area contributed by atoms with Gasteiger partial charge in [-0.25, -0.2) is 15.0 Å². The van der Waals surface area contributed by atoms with Gasteiger partial charge in [0.15, 0.2) is 5.82 Å². The van der Waals surface area contributed by atoms with E-state index >= 15 is 0 Å². The largest absolute Gasteiger partial charge is 0.495 e. The van der Waals surface area contributed by atoms with E-state index in [-0.39, 0.29) is 16.4 Å². The van der Waals surface area contributed by atoms with Gasteiger partial charge in [0.2, 0.25) is 5.95 Å². The Morgan fingerprint density at radius 2 is 1.81 bits per heavy atom. The summed E-state index contributed by atoms with van der Waals surface area (Å²) in [5, 5.41) is 7.09. The Labute approximate surface area is 194 Å². The normalized spacial score (nSPS) is 12.2. The van der Waals surface area contributed by atoms with E-state index in [1.165, 1.54) is 14.2 Å². The number of fused-ring (bicyclic) bond motifs is 1. The smallest absolute Gasteiger partial charge is 0.220 e. The van der Waals surface area contributed by atoms with E-state index in [1.54, 1.807) is 12.3 Å². The Balaban J connectivity index is 2.16. The highest BCUT2D eigenvalue weighted by atomic mass is 35.5. The first-order chi connectivity index (χ1) is 14.9. The van der Waals surface area contributed by atoms with Crippen molar-refractivity contribution in [2.75, 3.05) is 43.3 Å². The van der Waals surface area contributed by atoms with Gasteiger partial charge < -0.3 is 20.5 Å². The molecule has 7 nitrogen and oxygen atoms in total. The van der Waals surface area contributed by atoms with E-state index < -0.39 is 0 Å². The number of nitrogen functional groups attached to an aromatic ring is 1. The first-order valence-corrected chi connectivity index (χ1v) is 12.0. The molecule has 3 N–H and O–H groups in total. The van der Waals surface area contributed by atoms with Crippen molar-refractivity contribution in [1.82, 2.24) is 15.0 Å². The van der Waals surface area contributed by atoms with Gasteiger partial charge >= 0.3 is 0 Å². The number of ether oxygens (including phenoxy) is 2. The molecule has 3 aromatic rings. The Morgan fingerprint density at radius 3 is 2.39 bits per heavy atom. The molecule has 1 aromatic carbocycles. The van der Waals surface area contributed by atoms with Gasteiger partial charge in [-0.15, -0.1) is 0 Å². The monoisotopic (exact) mass is 481 g/mol. The van der Waals surface area contributed by atoms with Crippen LogP contribution in [-0.2, 0) is 0 Å². The summed E-state index contributed by atoms with van der Waals surface area (Å²) in [5.74, 6) is 3.75. The Hall–Kier alpha value is -2.29. The molecule has 1 atom stereocenters. The molecule has 166 valence electrons. The SMILES string of the molecule is C/C=S(/CC)CCNc1nc(-c2c(Cl)c(OC)cc(OC)c2Cl)cc2cnc(N)nc12. The minimum atomic E-state index is 0.180. The number of halogens is 2. The topological polar surface area (TPSA) is 95.2 Å². The third-order valence-electron chi connectivity index (χ3n) is 4.78. The van der Waals surface area contributed by atoms with Crippen LogP contribution in [0.5, 0.6) is 11.5 Å². The average Bonchev–Trinajstić information content (AvgIpc) is 2.77. The quantitative estimate of drug-likeness (QED) is 0.430. The van der Waals surface area contributed by atoms with E-state index in [0.717, 1.165) is 23.4 Å². The standard InChI is InChI=1S/C21H25Cl2N5O2S/c1-5-31(6-2)8-7-25-20-19-12(11-26-21(24)28-19)9-13(27-20)16-17(22)14(29-3)10-15(30-4)18(16)23/h5,9-11H,6-8H2,1-4H3,(H,25,27)(H2,24,26,28). The summed E-state index contributed by atoms with van der Waals surface area (Å²) in [5.41, 5.74) is 7.52. The number of aromatic nitrogens is 3. The molecule has 0 radical (unpaired) electrons. The number of methoxy groups -OCH3 is 2. The number of hydrogen-bond donors (Lipinski definition) is 2. The predicted molar refractivity (Wildman–Crippen MR) is 134 cm³/mol. The van der Waals surface area contributed by atoms with Crippen molar-refractivity contribution < 1.29 is 9.47 Å². The number of hydrogen-bond acceptors (Lipinski definition) is 7. The maximum absolute atomic E-state index is 6.61. The number of anilines is 2. The van der Waals surface area contributed by atoms with Crippen molar-refractivity contribution in [3.63, 3.8) is 0 Å². The van der Waals surface area contributed by atoms with E-state index in [2.05, 4.69) is 34.5 Å². The third kappa shape index (κ3) is 4.97. The van der Waals surface area contributed by atoms with Crippen LogP contribution in [0.3, 0.4) is 0 Å². The molecule has 0 saturated carbocycles. The number of benzene rings is 1. The van der Waals surface area contributed by atoms with Gasteiger partial charge in [0, 0.05) is 35.5 Å². The van der Waals surface area contributed by atoms with E-state index in [1.807, 2.05) is 6.07 Å². The molecule has 0 aliphatic heterocycles. The molecule has 2 aromatic heterocycles. The first kappa shape index (κ1) is 23.4. The van der Waals surface area contributed by atoms with Crippen LogP contribution in [0.2, 0.25) is 10.0 Å². The average molecular weight is 482 g/mol. The highest BCUT2D eigenvalue weighted by Gasteiger charge is 2.21. The summed E-state index contributed by atoms with van der Waals surface area (Å²) in [6.07, 6.45) is 1.66. The van der Waals surface area contributed by atoms with Crippen LogP contribution in [-0.4, -0.2) is 52.6 Å². The Bertz CT molecular complexity index is 1110.